The van der Waals surface area contributed by atoms with Crippen molar-refractivity contribution in [2.75, 3.05) is 12.3 Å². The molecule has 2 aromatic rings. The van der Waals surface area contributed by atoms with Gasteiger partial charge in [-0.1, -0.05) is 29.8 Å². The molecular formula is C23H29ClFN4O7PS. The van der Waals surface area contributed by atoms with E-state index in [0.717, 1.165) is 4.57 Å². The van der Waals surface area contributed by atoms with Crippen molar-refractivity contribution in [3.05, 3.63) is 53.1 Å². The number of carbonyl (C=O) groups is 1. The second-order valence-electron chi connectivity index (χ2n) is 9.41. The summed E-state index contributed by atoms with van der Waals surface area (Å²) in [6.45, 7) is 1.06. The Morgan fingerprint density at radius 2 is 2.08 bits per heavy atom. The summed E-state index contributed by atoms with van der Waals surface area (Å²) >= 11 is 11.8. The summed E-state index contributed by atoms with van der Waals surface area (Å²) in [6, 6.07) is 8.20. The Balaban J connectivity index is 1.51. The lowest BCUT2D eigenvalue weighted by Gasteiger charge is -2.28. The molecule has 1 aromatic carbocycles. The monoisotopic (exact) mass is 590 g/mol. The highest BCUT2D eigenvalue weighted by molar-refractivity contribution is 8.09. The fraction of sp³-hybridized carbons (Fsp3) is 0.522. The summed E-state index contributed by atoms with van der Waals surface area (Å²) in [5.74, 6) is -0.190. The molecule has 38 heavy (non-hydrogen) atoms. The van der Waals surface area contributed by atoms with Gasteiger partial charge in [-0.2, -0.15) is 4.98 Å². The van der Waals surface area contributed by atoms with Crippen molar-refractivity contribution >= 4 is 41.8 Å². The van der Waals surface area contributed by atoms with E-state index >= 15 is 4.39 Å². The van der Waals surface area contributed by atoms with Crippen molar-refractivity contribution in [1.82, 2.24) is 14.6 Å². The standard InChI is InChI=1S/C23H29ClFN4O7PS/c1-13(2)34-20(31)14(3)28-37(38,36-15-7-5-4-6-8-15)33-12-16-19(30)23(24,25)22(35-16)11-17(22)29-10-9-18(26)27-21(29)32/h4-10,13-14,16-17,19,30H,11-12H2,1-3H3,(H,28,38)(H2,26,27,32)/t14-,16?,17?,19+,22?,23-,37?/m0/s1. The van der Waals surface area contributed by atoms with Crippen LogP contribution in [0.1, 0.15) is 33.2 Å². The minimum absolute atomic E-state index is 0.0110. The van der Waals surface area contributed by atoms with Gasteiger partial charge in [-0.15, -0.1) is 0 Å². The van der Waals surface area contributed by atoms with Gasteiger partial charge in [0.05, 0.1) is 18.8 Å². The van der Waals surface area contributed by atoms with Gasteiger partial charge in [0, 0.05) is 12.6 Å². The highest BCUT2D eigenvalue weighted by atomic mass is 35.5. The normalized spacial score (nSPS) is 30.7. The third-order valence-electron chi connectivity index (χ3n) is 6.15. The van der Waals surface area contributed by atoms with Crippen LogP contribution in [0.2, 0.25) is 0 Å². The molecule has 0 radical (unpaired) electrons. The number of anilines is 1. The molecule has 1 aromatic heterocycles. The number of aliphatic hydroxyl groups excluding tert-OH is 1. The number of nitrogens with two attached hydrogens (primary N) is 1. The molecule has 1 aliphatic carbocycles. The van der Waals surface area contributed by atoms with E-state index in [4.69, 9.17) is 47.7 Å². The Morgan fingerprint density at radius 1 is 1.39 bits per heavy atom. The van der Waals surface area contributed by atoms with Crippen LogP contribution in [-0.2, 0) is 30.6 Å². The minimum Gasteiger partial charge on any atom is -0.462 e. The highest BCUT2D eigenvalue weighted by Crippen LogP contribution is 2.65. The van der Waals surface area contributed by atoms with Crippen molar-refractivity contribution in [2.45, 2.75) is 68.3 Å². The van der Waals surface area contributed by atoms with Crippen LogP contribution >= 0.6 is 18.2 Å². The Labute approximate surface area is 228 Å². The Morgan fingerprint density at radius 3 is 2.71 bits per heavy atom. The molecule has 4 unspecified atom stereocenters. The van der Waals surface area contributed by atoms with Crippen LogP contribution in [0.4, 0.5) is 10.2 Å². The van der Waals surface area contributed by atoms with Gasteiger partial charge in [0.2, 0.25) is 5.13 Å². The molecule has 11 nitrogen and oxygen atoms in total. The largest absolute Gasteiger partial charge is 0.462 e. The lowest BCUT2D eigenvalue weighted by Crippen LogP contribution is -2.43. The molecular weight excluding hydrogens is 562 g/mol. The van der Waals surface area contributed by atoms with Crippen molar-refractivity contribution in [1.29, 1.82) is 0 Å². The first-order chi connectivity index (χ1) is 17.8. The van der Waals surface area contributed by atoms with Crippen LogP contribution < -0.4 is 21.0 Å². The minimum atomic E-state index is -3.48. The Bertz CT molecular complexity index is 1290. The Kier molecular flexibility index (Phi) is 8.21. The van der Waals surface area contributed by atoms with E-state index < -0.39 is 59.9 Å². The molecule has 0 amide bonds. The lowest BCUT2D eigenvalue weighted by atomic mass is 10.1. The van der Waals surface area contributed by atoms with Gasteiger partial charge >= 0.3 is 18.3 Å². The quantitative estimate of drug-likeness (QED) is 0.213. The smallest absolute Gasteiger partial charge is 0.349 e. The van der Waals surface area contributed by atoms with Gasteiger partial charge in [-0.3, -0.25) is 9.36 Å². The molecule has 2 heterocycles. The Hall–Kier alpha value is -2.12. The van der Waals surface area contributed by atoms with Crippen LogP contribution in [-0.4, -0.2) is 62.3 Å². The van der Waals surface area contributed by atoms with Gasteiger partial charge in [-0.25, -0.2) is 14.3 Å². The van der Waals surface area contributed by atoms with Crippen LogP contribution in [0.25, 0.3) is 0 Å². The highest BCUT2D eigenvalue weighted by Gasteiger charge is 2.78. The predicted octanol–water partition coefficient (Wildman–Crippen LogP) is 2.42. The molecule has 2 fully saturated rings. The number of nitrogens with one attached hydrogen (secondary N) is 1. The molecule has 15 heteroatoms. The molecule has 2 aliphatic rings. The number of nitrogens with zero attached hydrogens (tertiary/aromatic N) is 2. The maximum atomic E-state index is 15.7. The number of esters is 1. The number of aromatic nitrogens is 2. The average molecular weight is 591 g/mol. The molecule has 4 rings (SSSR count). The molecule has 208 valence electrons. The first-order valence-corrected chi connectivity index (χ1v) is 14.9. The van der Waals surface area contributed by atoms with Crippen LogP contribution in [0.5, 0.6) is 5.75 Å². The van der Waals surface area contributed by atoms with Crippen LogP contribution in [0.15, 0.2) is 47.4 Å². The second kappa shape index (κ2) is 10.8. The van der Waals surface area contributed by atoms with E-state index in [1.807, 2.05) is 0 Å². The van der Waals surface area contributed by atoms with E-state index in [2.05, 4.69) is 10.1 Å². The maximum absolute atomic E-state index is 15.7. The lowest BCUT2D eigenvalue weighted by molar-refractivity contribution is -0.149. The number of benzene rings is 1. The van der Waals surface area contributed by atoms with Crippen molar-refractivity contribution in [3.8, 4) is 5.75 Å². The van der Waals surface area contributed by atoms with E-state index in [9.17, 15) is 14.7 Å². The molecule has 1 aliphatic heterocycles. The number of ether oxygens (including phenoxy) is 2. The van der Waals surface area contributed by atoms with E-state index in [-0.39, 0.29) is 18.3 Å². The van der Waals surface area contributed by atoms with Gasteiger partial charge < -0.3 is 29.4 Å². The number of halogens is 2. The topological polar surface area (TPSA) is 147 Å². The van der Waals surface area contributed by atoms with Gasteiger partial charge in [0.1, 0.15) is 35.4 Å². The third-order valence-corrected chi connectivity index (χ3v) is 9.19. The zero-order chi connectivity index (χ0) is 27.9. The van der Waals surface area contributed by atoms with Gasteiger partial charge in [0.25, 0.3) is 0 Å². The number of para-hydroxylation sites is 1. The van der Waals surface area contributed by atoms with E-state index in [1.54, 1.807) is 44.2 Å². The average Bonchev–Trinajstić information content (AvgIpc) is 3.52. The summed E-state index contributed by atoms with van der Waals surface area (Å²) in [4.78, 5) is 28.3. The van der Waals surface area contributed by atoms with Gasteiger partial charge in [0.15, 0.2) is 0 Å². The molecule has 7 atom stereocenters. The molecule has 1 saturated carbocycles. The fourth-order valence-electron chi connectivity index (χ4n) is 4.23. The summed E-state index contributed by atoms with van der Waals surface area (Å²) < 4.78 is 39.8. The van der Waals surface area contributed by atoms with E-state index in [1.165, 1.54) is 19.2 Å². The number of rotatable bonds is 10. The first kappa shape index (κ1) is 28.9. The van der Waals surface area contributed by atoms with Crippen LogP contribution in [0.3, 0.4) is 0 Å². The molecule has 0 bridgehead atoms. The fourth-order valence-corrected chi connectivity index (χ4v) is 7.03. The van der Waals surface area contributed by atoms with Crippen molar-refractivity contribution in [2.24, 2.45) is 0 Å². The third kappa shape index (κ3) is 5.74. The molecule has 4 N–H and O–H groups in total. The summed E-state index contributed by atoms with van der Waals surface area (Å²) in [5, 5.41) is 10.9. The zero-order valence-electron chi connectivity index (χ0n) is 20.8. The first-order valence-electron chi connectivity index (χ1n) is 11.8. The number of nitrogen functional groups attached to an aromatic ring is 1. The number of hydrogen-bond acceptors (Lipinski definition) is 10. The summed E-state index contributed by atoms with van der Waals surface area (Å²) in [7, 11) is 0. The number of aliphatic hydroxyl groups is 1. The molecule has 1 saturated heterocycles. The maximum Gasteiger partial charge on any atom is 0.349 e. The second-order valence-corrected chi connectivity index (χ2v) is 13.1. The van der Waals surface area contributed by atoms with E-state index in [0.29, 0.717) is 5.75 Å². The zero-order valence-corrected chi connectivity index (χ0v) is 23.3. The number of hydrogen-bond donors (Lipinski definition) is 3. The van der Waals surface area contributed by atoms with Crippen molar-refractivity contribution < 1.29 is 32.8 Å². The van der Waals surface area contributed by atoms with Gasteiger partial charge in [-0.05, 0) is 50.8 Å². The van der Waals surface area contributed by atoms with Crippen LogP contribution in [0, 0.1) is 0 Å². The number of carbonyl (C=O) groups excluding carboxylic acids is 1. The SMILES string of the molecule is CC(C)OC(=O)[C@H](C)NP(=S)(OCC1OC2(CC2n2ccc(N)nc2=O)[C@](F)(Cl)[C@@H]1O)Oc1ccccc1. The predicted molar refractivity (Wildman–Crippen MR) is 141 cm³/mol. The summed E-state index contributed by atoms with van der Waals surface area (Å²) in [5.41, 5.74) is 3.14. The van der Waals surface area contributed by atoms with Crippen molar-refractivity contribution in [3.63, 3.8) is 0 Å². The molecule has 1 spiro atoms. The number of alkyl halides is 2. The summed E-state index contributed by atoms with van der Waals surface area (Å²) in [6.07, 6.45) is -2.06.